The van der Waals surface area contributed by atoms with Gasteiger partial charge >= 0.3 is 6.18 Å². The van der Waals surface area contributed by atoms with Crippen LogP contribution in [-0.2, 0) is 17.4 Å². The second-order valence-corrected chi connectivity index (χ2v) is 5.36. The molecule has 0 fully saturated rings. The highest BCUT2D eigenvalue weighted by Crippen LogP contribution is 2.31. The first-order valence-corrected chi connectivity index (χ1v) is 7.24. The molecule has 1 aliphatic rings. The van der Waals surface area contributed by atoms with E-state index in [1.165, 1.54) is 12.1 Å². The Morgan fingerprint density at radius 1 is 1.13 bits per heavy atom. The zero-order chi connectivity index (χ0) is 16.4. The molecule has 2 aromatic carbocycles. The second kappa shape index (κ2) is 5.95. The second-order valence-electron chi connectivity index (χ2n) is 5.36. The van der Waals surface area contributed by atoms with Crippen LogP contribution < -0.4 is 10.2 Å². The van der Waals surface area contributed by atoms with E-state index in [0.717, 1.165) is 29.8 Å². The van der Waals surface area contributed by atoms with Crippen LogP contribution in [0.1, 0.15) is 11.1 Å². The third-order valence-electron chi connectivity index (χ3n) is 3.82. The van der Waals surface area contributed by atoms with Gasteiger partial charge in [-0.3, -0.25) is 4.79 Å². The first-order valence-electron chi connectivity index (χ1n) is 7.24. The van der Waals surface area contributed by atoms with Gasteiger partial charge in [-0.2, -0.15) is 13.2 Å². The van der Waals surface area contributed by atoms with Crippen molar-refractivity contribution in [1.82, 2.24) is 0 Å². The third-order valence-corrected chi connectivity index (χ3v) is 3.82. The minimum absolute atomic E-state index is 0.0460. The monoisotopic (exact) mass is 320 g/mol. The summed E-state index contributed by atoms with van der Waals surface area (Å²) in [5.74, 6) is -0.160. The molecule has 23 heavy (non-hydrogen) atoms. The maximum Gasteiger partial charge on any atom is 0.416 e. The average molecular weight is 320 g/mol. The number of amides is 1. The molecule has 1 N–H and O–H groups in total. The highest BCUT2D eigenvalue weighted by atomic mass is 19.4. The molecule has 0 radical (unpaired) electrons. The van der Waals surface area contributed by atoms with Crippen molar-refractivity contribution in [3.63, 3.8) is 0 Å². The predicted octanol–water partition coefficient (Wildman–Crippen LogP) is 3.71. The maximum absolute atomic E-state index is 12.7. The lowest BCUT2D eigenvalue weighted by atomic mass is 10.2. The van der Waals surface area contributed by atoms with Gasteiger partial charge in [-0.25, -0.2) is 0 Å². The van der Waals surface area contributed by atoms with E-state index in [1.54, 1.807) is 4.90 Å². The number of alkyl halides is 3. The number of carbonyl (C=O) groups is 1. The molecule has 0 saturated heterocycles. The Morgan fingerprint density at radius 3 is 2.70 bits per heavy atom. The van der Waals surface area contributed by atoms with E-state index in [2.05, 4.69) is 5.32 Å². The van der Waals surface area contributed by atoms with Crippen LogP contribution >= 0.6 is 0 Å². The number of anilines is 2. The van der Waals surface area contributed by atoms with E-state index in [9.17, 15) is 18.0 Å². The van der Waals surface area contributed by atoms with Crippen molar-refractivity contribution >= 4 is 17.3 Å². The number of nitrogens with zero attached hydrogens (tertiary/aromatic N) is 1. The highest BCUT2D eigenvalue weighted by molar-refractivity contribution is 5.98. The van der Waals surface area contributed by atoms with Crippen LogP contribution in [0.15, 0.2) is 48.5 Å². The molecular formula is C17H15F3N2O. The number of carbonyl (C=O) groups excluding carboxylic acids is 1. The number of halogens is 3. The van der Waals surface area contributed by atoms with Crippen LogP contribution in [0, 0.1) is 0 Å². The van der Waals surface area contributed by atoms with E-state index in [4.69, 9.17) is 0 Å². The van der Waals surface area contributed by atoms with E-state index >= 15 is 0 Å². The van der Waals surface area contributed by atoms with E-state index in [1.807, 2.05) is 24.3 Å². The quantitative estimate of drug-likeness (QED) is 0.935. The van der Waals surface area contributed by atoms with E-state index in [0.29, 0.717) is 6.54 Å². The molecule has 0 aromatic heterocycles. The third kappa shape index (κ3) is 3.31. The van der Waals surface area contributed by atoms with Crippen LogP contribution in [-0.4, -0.2) is 19.0 Å². The van der Waals surface area contributed by atoms with Gasteiger partial charge in [-0.15, -0.1) is 0 Å². The molecule has 0 bridgehead atoms. The van der Waals surface area contributed by atoms with Gasteiger partial charge in [0.25, 0.3) is 0 Å². The number of hydrogen-bond acceptors (Lipinski definition) is 2. The predicted molar refractivity (Wildman–Crippen MR) is 82.4 cm³/mol. The molecule has 1 aliphatic heterocycles. The number of fused-ring (bicyclic) bond motifs is 1. The smallest absolute Gasteiger partial charge is 0.376 e. The molecule has 0 spiro atoms. The molecule has 1 heterocycles. The summed E-state index contributed by atoms with van der Waals surface area (Å²) >= 11 is 0. The van der Waals surface area contributed by atoms with Gasteiger partial charge in [0.05, 0.1) is 12.1 Å². The molecular weight excluding hydrogens is 305 g/mol. The largest absolute Gasteiger partial charge is 0.416 e. The van der Waals surface area contributed by atoms with Crippen molar-refractivity contribution in [3.05, 3.63) is 59.7 Å². The molecule has 2 aromatic rings. The Bertz CT molecular complexity index is 728. The van der Waals surface area contributed by atoms with Crippen LogP contribution in [0.25, 0.3) is 0 Å². The molecule has 0 saturated carbocycles. The lowest BCUT2D eigenvalue weighted by molar-refractivity contribution is -0.137. The summed E-state index contributed by atoms with van der Waals surface area (Å²) in [5, 5.41) is 2.77. The van der Waals surface area contributed by atoms with Crippen molar-refractivity contribution in [3.8, 4) is 0 Å². The van der Waals surface area contributed by atoms with Gasteiger partial charge in [0.1, 0.15) is 0 Å². The molecule has 0 unspecified atom stereocenters. The molecule has 6 heteroatoms. The Balaban J connectivity index is 1.67. The lowest BCUT2D eigenvalue weighted by Crippen LogP contribution is -2.34. The first-order chi connectivity index (χ1) is 10.9. The van der Waals surface area contributed by atoms with Crippen molar-refractivity contribution < 1.29 is 18.0 Å². The lowest BCUT2D eigenvalue weighted by Gasteiger charge is -2.18. The summed E-state index contributed by atoms with van der Waals surface area (Å²) in [6, 6.07) is 12.5. The Hall–Kier alpha value is -2.50. The molecule has 120 valence electrons. The summed E-state index contributed by atoms with van der Waals surface area (Å²) < 4.78 is 38.0. The fourth-order valence-electron chi connectivity index (χ4n) is 2.68. The summed E-state index contributed by atoms with van der Waals surface area (Å²) in [4.78, 5) is 14.0. The van der Waals surface area contributed by atoms with Gasteiger partial charge in [-0.1, -0.05) is 24.3 Å². The molecule has 0 aliphatic carbocycles. The summed E-state index contributed by atoms with van der Waals surface area (Å²) in [7, 11) is 0. The van der Waals surface area contributed by atoms with Gasteiger partial charge < -0.3 is 10.2 Å². The fraction of sp³-hybridized carbons (Fsp3) is 0.235. The fourth-order valence-corrected chi connectivity index (χ4v) is 2.68. The SMILES string of the molecule is O=C(CNc1cccc(C(F)(F)F)c1)N1CCc2ccccc21. The van der Waals surface area contributed by atoms with Gasteiger partial charge in [0.15, 0.2) is 0 Å². The number of para-hydroxylation sites is 1. The van der Waals surface area contributed by atoms with Crippen LogP contribution in [0.4, 0.5) is 24.5 Å². The van der Waals surface area contributed by atoms with Gasteiger partial charge in [0.2, 0.25) is 5.91 Å². The first kappa shape index (κ1) is 15.4. The number of hydrogen-bond donors (Lipinski definition) is 1. The molecule has 0 atom stereocenters. The summed E-state index contributed by atoms with van der Waals surface area (Å²) in [6.07, 6.45) is -3.60. The maximum atomic E-state index is 12.7. The van der Waals surface area contributed by atoms with Crippen molar-refractivity contribution in [2.75, 3.05) is 23.3 Å². The molecule has 3 rings (SSSR count). The van der Waals surface area contributed by atoms with Crippen LogP contribution in [0.5, 0.6) is 0 Å². The highest BCUT2D eigenvalue weighted by Gasteiger charge is 2.30. The van der Waals surface area contributed by atoms with Crippen LogP contribution in [0.2, 0.25) is 0 Å². The topological polar surface area (TPSA) is 32.3 Å². The van der Waals surface area contributed by atoms with Crippen LogP contribution in [0.3, 0.4) is 0 Å². The van der Waals surface area contributed by atoms with E-state index < -0.39 is 11.7 Å². The Labute approximate surface area is 131 Å². The Morgan fingerprint density at radius 2 is 1.91 bits per heavy atom. The zero-order valence-electron chi connectivity index (χ0n) is 12.2. The van der Waals surface area contributed by atoms with Crippen molar-refractivity contribution in [2.45, 2.75) is 12.6 Å². The zero-order valence-corrected chi connectivity index (χ0v) is 12.2. The summed E-state index contributed by atoms with van der Waals surface area (Å²) in [5.41, 5.74) is 1.53. The van der Waals surface area contributed by atoms with Gasteiger partial charge in [0, 0.05) is 17.9 Å². The molecule has 3 nitrogen and oxygen atoms in total. The van der Waals surface area contributed by atoms with Gasteiger partial charge in [-0.05, 0) is 36.2 Å². The Kier molecular flexibility index (Phi) is 3.98. The normalized spacial score (nSPS) is 13.8. The van der Waals surface area contributed by atoms with Crippen molar-refractivity contribution in [1.29, 1.82) is 0 Å². The standard InChI is InChI=1S/C17H15F3N2O/c18-17(19,20)13-5-3-6-14(10-13)21-11-16(23)22-9-8-12-4-1-2-7-15(12)22/h1-7,10,21H,8-9,11H2. The number of nitrogens with one attached hydrogen (secondary N) is 1. The molecule has 1 amide bonds. The van der Waals surface area contributed by atoms with Crippen molar-refractivity contribution in [2.24, 2.45) is 0 Å². The number of rotatable bonds is 3. The average Bonchev–Trinajstić information content (AvgIpc) is 2.96. The number of benzene rings is 2. The minimum atomic E-state index is -4.39. The minimum Gasteiger partial charge on any atom is -0.376 e. The van der Waals surface area contributed by atoms with E-state index in [-0.39, 0.29) is 18.1 Å². The summed E-state index contributed by atoms with van der Waals surface area (Å²) in [6.45, 7) is 0.554.